The minimum Gasteiger partial charge on any atom is -0.354 e. The number of imidazole rings is 1. The van der Waals surface area contributed by atoms with Gasteiger partial charge in [0.25, 0.3) is 0 Å². The van der Waals surface area contributed by atoms with E-state index in [0.29, 0.717) is 25.2 Å². The highest BCUT2D eigenvalue weighted by Gasteiger charge is 2.30. The van der Waals surface area contributed by atoms with E-state index < -0.39 is 0 Å². The first kappa shape index (κ1) is 48.3. The van der Waals surface area contributed by atoms with Crippen molar-refractivity contribution in [2.75, 3.05) is 87.7 Å². The van der Waals surface area contributed by atoms with Gasteiger partial charge in [-0.1, -0.05) is 19.9 Å². The highest BCUT2D eigenvalue weighted by Crippen LogP contribution is 2.42. The molecule has 382 valence electrons. The van der Waals surface area contributed by atoms with Crippen LogP contribution in [-0.2, 0) is 13.0 Å². The molecule has 2 N–H and O–H groups in total. The second-order valence-electron chi connectivity index (χ2n) is 21.3. The third-order valence-corrected chi connectivity index (χ3v) is 15.4. The van der Waals surface area contributed by atoms with Crippen LogP contribution in [0.2, 0.25) is 0 Å². The summed E-state index contributed by atoms with van der Waals surface area (Å²) in [7, 11) is 4.33. The average molecular weight is 1000 g/mol. The molecule has 0 amide bonds. The summed E-state index contributed by atoms with van der Waals surface area (Å²) in [5, 5.41) is 4.60. The minimum atomic E-state index is -0.317. The molecule has 16 heteroatoms. The molecule has 0 aliphatic carbocycles. The van der Waals surface area contributed by atoms with Crippen LogP contribution in [0, 0.1) is 5.82 Å². The standard InChI is InChI=1S/C59H64FN15/c1-36(2)67-51-28-42-24-41(27-49(60)57(42)68-38(51)5)45-11-15-74(59-47(45)26-44(33-66-59)40-9-13-63-55(30-40)73-22-18-71(7)19-23-73)35-56-69-50-10-14-61-52(31-53(50)75(56)37(3)4)48-34-65-58-46(48)25-43(32-64-58)39-8-12-62-54(29-39)72-20-16-70(6)17-21-72/h8-13,24-27,29-34,36-37,51,67H,15-23,28,35H2,1-7H3,(H,64,65). The molecule has 1 aromatic carbocycles. The van der Waals surface area contributed by atoms with Crippen LogP contribution in [-0.4, -0.2) is 141 Å². The highest BCUT2D eigenvalue weighted by atomic mass is 19.1. The topological polar surface area (TPSA) is 138 Å². The number of fused-ring (bicyclic) bond motifs is 4. The number of aromatic nitrogens is 7. The Labute approximate surface area is 438 Å². The molecule has 0 spiro atoms. The molecule has 0 bridgehead atoms. The van der Waals surface area contributed by atoms with Crippen molar-refractivity contribution in [3.8, 4) is 22.3 Å². The smallest absolute Gasteiger partial charge is 0.149 e. The molecule has 5 aliphatic rings. The summed E-state index contributed by atoms with van der Waals surface area (Å²) in [5.41, 5.74) is 13.2. The normalized spacial score (nSPS) is 18.1. The molecular formula is C59H64FN15. The number of likely N-dealkylation sites (N-methyl/N-ethyl adjacent to an activating group) is 2. The van der Waals surface area contributed by atoms with Gasteiger partial charge in [-0.3, -0.25) is 4.99 Å². The van der Waals surface area contributed by atoms with E-state index in [4.69, 9.17) is 34.9 Å². The second-order valence-corrected chi connectivity index (χ2v) is 21.3. The Morgan fingerprint density at radius 2 is 1.45 bits per heavy atom. The predicted octanol–water partition coefficient (Wildman–Crippen LogP) is 9.16. The van der Waals surface area contributed by atoms with Gasteiger partial charge in [0.05, 0.1) is 23.6 Å². The molecule has 6 aromatic heterocycles. The van der Waals surface area contributed by atoms with Gasteiger partial charge in [0.2, 0.25) is 0 Å². The lowest BCUT2D eigenvalue weighted by atomic mass is 9.89. The second kappa shape index (κ2) is 19.9. The van der Waals surface area contributed by atoms with Crippen molar-refractivity contribution >= 4 is 69.2 Å². The van der Waals surface area contributed by atoms with Crippen LogP contribution in [0.15, 0.2) is 95.6 Å². The third-order valence-electron chi connectivity index (χ3n) is 15.4. The Balaban J connectivity index is 0.893. The molecule has 7 aromatic rings. The maximum atomic E-state index is 16.4. The highest BCUT2D eigenvalue weighted by molar-refractivity contribution is 6.01. The van der Waals surface area contributed by atoms with E-state index in [1.54, 1.807) is 6.07 Å². The van der Waals surface area contributed by atoms with Crippen LogP contribution in [0.1, 0.15) is 80.1 Å². The van der Waals surface area contributed by atoms with E-state index in [9.17, 15) is 0 Å². The number of aliphatic imine (C=N–C) groups is 2. The van der Waals surface area contributed by atoms with E-state index in [1.165, 1.54) is 0 Å². The SMILES string of the molecule is CC1=Nc2c(F)cc(C3=CCN(Cc4nc5c(n4C(C)C)C=C(c4c[nH]c6ncc(-c7ccnc(N8CCN(C)CC8)c7)cc46)N=C=C5)c4ncc(-c5ccnc(N6CCN(C)CC6)c5)cc43)cc2CC1NC(C)C. The first-order valence-corrected chi connectivity index (χ1v) is 26.4. The molecule has 15 nitrogen and oxygen atoms in total. The monoisotopic (exact) mass is 1000 g/mol. The van der Waals surface area contributed by atoms with Gasteiger partial charge in [-0.25, -0.2) is 34.3 Å². The summed E-state index contributed by atoms with van der Waals surface area (Å²) < 4.78 is 18.7. The van der Waals surface area contributed by atoms with Crippen molar-refractivity contribution in [2.45, 2.75) is 65.7 Å². The quantitative estimate of drug-likeness (QED) is 0.128. The maximum absolute atomic E-state index is 16.4. The third kappa shape index (κ3) is 9.48. The van der Waals surface area contributed by atoms with Crippen molar-refractivity contribution in [1.29, 1.82) is 0 Å². The number of nitrogens with one attached hydrogen (secondary N) is 2. The van der Waals surface area contributed by atoms with Gasteiger partial charge in [0, 0.05) is 147 Å². The number of halogens is 1. The summed E-state index contributed by atoms with van der Waals surface area (Å²) in [6, 6.07) is 17.0. The molecule has 0 radical (unpaired) electrons. The van der Waals surface area contributed by atoms with Crippen molar-refractivity contribution in [1.82, 2.24) is 49.6 Å². The summed E-state index contributed by atoms with van der Waals surface area (Å²) in [6.45, 7) is 19.4. The van der Waals surface area contributed by atoms with Crippen molar-refractivity contribution in [2.24, 2.45) is 9.98 Å². The zero-order valence-electron chi connectivity index (χ0n) is 43.9. The number of pyridine rings is 4. The number of anilines is 3. The van der Waals surface area contributed by atoms with Crippen LogP contribution in [0.3, 0.4) is 0 Å². The van der Waals surface area contributed by atoms with E-state index >= 15 is 4.39 Å². The first-order valence-electron chi connectivity index (χ1n) is 26.4. The van der Waals surface area contributed by atoms with E-state index in [1.807, 2.05) is 44.0 Å². The fourth-order valence-electron chi connectivity index (χ4n) is 11.2. The van der Waals surface area contributed by atoms with Crippen molar-refractivity contribution in [3.05, 3.63) is 131 Å². The summed E-state index contributed by atoms with van der Waals surface area (Å²) in [6.07, 6.45) is 16.5. The fourth-order valence-corrected chi connectivity index (χ4v) is 11.2. The first-order chi connectivity index (χ1) is 36.4. The van der Waals surface area contributed by atoms with Gasteiger partial charge in [-0.05, 0) is 130 Å². The lowest BCUT2D eigenvalue weighted by Gasteiger charge is -2.33. The Morgan fingerprint density at radius 3 is 2.13 bits per heavy atom. The van der Waals surface area contributed by atoms with Crippen LogP contribution in [0.4, 0.5) is 27.5 Å². The van der Waals surface area contributed by atoms with Gasteiger partial charge in [-0.15, -0.1) is 0 Å². The minimum absolute atomic E-state index is 0.0301. The maximum Gasteiger partial charge on any atom is 0.149 e. The molecule has 1 unspecified atom stereocenters. The van der Waals surface area contributed by atoms with Gasteiger partial charge >= 0.3 is 0 Å². The largest absolute Gasteiger partial charge is 0.354 e. The zero-order valence-corrected chi connectivity index (χ0v) is 43.9. The lowest BCUT2D eigenvalue weighted by molar-refractivity contribution is 0.312. The van der Waals surface area contributed by atoms with Crippen LogP contribution < -0.4 is 20.0 Å². The Hall–Kier alpha value is -7.62. The van der Waals surface area contributed by atoms with Gasteiger partial charge in [-0.2, -0.15) is 0 Å². The summed E-state index contributed by atoms with van der Waals surface area (Å²) in [4.78, 5) is 49.8. The van der Waals surface area contributed by atoms with Crippen LogP contribution in [0.5, 0.6) is 0 Å². The molecule has 1 atom stereocenters. The van der Waals surface area contributed by atoms with Crippen LogP contribution in [0.25, 0.3) is 56.7 Å². The van der Waals surface area contributed by atoms with Crippen LogP contribution >= 0.6 is 0 Å². The number of piperazine rings is 2. The Kier molecular flexibility index (Phi) is 12.8. The number of hydrogen-bond acceptors (Lipinski definition) is 13. The average Bonchev–Trinajstić information content (AvgIpc) is 3.93. The number of nitrogens with zero attached hydrogens (tertiary/aromatic N) is 13. The number of H-pyrrole nitrogens is 1. The van der Waals surface area contributed by atoms with Gasteiger partial charge in [0.1, 0.15) is 40.4 Å². The molecule has 0 saturated carbocycles. The van der Waals surface area contributed by atoms with Crippen molar-refractivity contribution < 1.29 is 4.39 Å². The number of hydrogen-bond donors (Lipinski definition) is 2. The molecule has 75 heavy (non-hydrogen) atoms. The molecule has 2 saturated heterocycles. The summed E-state index contributed by atoms with van der Waals surface area (Å²) >= 11 is 0. The van der Waals surface area contributed by atoms with Gasteiger partial charge < -0.3 is 39.4 Å². The molecule has 5 aliphatic heterocycles. The molecule has 2 fully saturated rings. The molecular weight excluding hydrogens is 938 g/mol. The molecule has 12 rings (SSSR count). The van der Waals surface area contributed by atoms with Crippen molar-refractivity contribution in [3.63, 3.8) is 0 Å². The lowest BCUT2D eigenvalue weighted by Crippen LogP contribution is -2.44. The fraction of sp³-hybridized carbons (Fsp3) is 0.356. The Morgan fingerprint density at radius 1 is 0.773 bits per heavy atom. The number of aromatic amines is 1. The molecule has 11 heterocycles. The van der Waals surface area contributed by atoms with Gasteiger partial charge in [0.15, 0.2) is 0 Å². The number of rotatable bonds is 11. The van der Waals surface area contributed by atoms with E-state index in [-0.39, 0.29) is 23.9 Å². The van der Waals surface area contributed by atoms with E-state index in [0.717, 1.165) is 160 Å². The summed E-state index contributed by atoms with van der Waals surface area (Å²) in [5.74, 6) is 6.54. The Bertz CT molecular complexity index is 3500. The predicted molar refractivity (Wildman–Crippen MR) is 302 cm³/mol. The van der Waals surface area contributed by atoms with E-state index in [2.05, 4.69) is 142 Å². The zero-order chi connectivity index (χ0) is 51.5. The number of benzene rings is 1.